The van der Waals surface area contributed by atoms with Crippen LogP contribution in [0, 0.1) is 6.92 Å². The number of pyridine rings is 1. The summed E-state index contributed by atoms with van der Waals surface area (Å²) in [6.07, 6.45) is 2.28. The van der Waals surface area contributed by atoms with E-state index in [2.05, 4.69) is 40.0 Å². The molecule has 21 heavy (non-hydrogen) atoms. The lowest BCUT2D eigenvalue weighted by molar-refractivity contribution is 0.245. The van der Waals surface area contributed by atoms with Gasteiger partial charge in [0.2, 0.25) is 0 Å². The third-order valence-electron chi connectivity index (χ3n) is 3.41. The molecule has 3 rings (SSSR count). The Morgan fingerprint density at radius 1 is 1.10 bits per heavy atom. The van der Waals surface area contributed by atoms with Crippen molar-refractivity contribution in [1.29, 1.82) is 0 Å². The van der Waals surface area contributed by atoms with Crippen molar-refractivity contribution >= 4 is 10.9 Å². The highest BCUT2D eigenvalue weighted by Gasteiger charge is 2.08. The fourth-order valence-electron chi connectivity index (χ4n) is 2.55. The van der Waals surface area contributed by atoms with Crippen molar-refractivity contribution in [3.05, 3.63) is 60.0 Å². The predicted molar refractivity (Wildman–Crippen MR) is 85.8 cm³/mol. The smallest absolute Gasteiger partial charge is 0.129 e. The van der Waals surface area contributed by atoms with E-state index >= 15 is 0 Å². The lowest BCUT2D eigenvalue weighted by Crippen LogP contribution is -2.06. The van der Waals surface area contributed by atoms with Crippen molar-refractivity contribution in [3.63, 3.8) is 0 Å². The number of rotatable bonds is 4. The van der Waals surface area contributed by atoms with Gasteiger partial charge < -0.3 is 9.30 Å². The molecule has 0 radical (unpaired) electrons. The van der Waals surface area contributed by atoms with Gasteiger partial charge >= 0.3 is 0 Å². The maximum atomic E-state index is 5.88. The molecule has 2 heterocycles. The highest BCUT2D eigenvalue weighted by Crippen LogP contribution is 2.27. The summed E-state index contributed by atoms with van der Waals surface area (Å²) in [5.74, 6) is 0.943. The van der Waals surface area contributed by atoms with Gasteiger partial charge in [0, 0.05) is 17.3 Å². The first kappa shape index (κ1) is 13.7. The van der Waals surface area contributed by atoms with E-state index in [4.69, 9.17) is 4.74 Å². The third-order valence-corrected chi connectivity index (χ3v) is 3.41. The number of aromatic nitrogens is 2. The van der Waals surface area contributed by atoms with Gasteiger partial charge in [-0.15, -0.1) is 0 Å². The summed E-state index contributed by atoms with van der Waals surface area (Å²) in [5, 5.41) is 1.15. The first-order chi connectivity index (χ1) is 10.1. The van der Waals surface area contributed by atoms with Gasteiger partial charge in [0.05, 0.1) is 23.9 Å². The zero-order valence-electron chi connectivity index (χ0n) is 12.7. The van der Waals surface area contributed by atoms with Crippen LogP contribution in [0.1, 0.15) is 25.2 Å². The van der Waals surface area contributed by atoms with E-state index in [1.807, 2.05) is 39.0 Å². The van der Waals surface area contributed by atoms with Crippen molar-refractivity contribution in [3.8, 4) is 5.75 Å². The molecule has 1 aromatic carbocycles. The van der Waals surface area contributed by atoms with Crippen LogP contribution in [0.25, 0.3) is 10.9 Å². The van der Waals surface area contributed by atoms with Crippen LogP contribution in [0.4, 0.5) is 0 Å². The molecule has 3 aromatic rings. The van der Waals surface area contributed by atoms with Crippen LogP contribution < -0.4 is 4.74 Å². The fraction of sp³-hybridized carbons (Fsp3) is 0.278. The highest BCUT2D eigenvalue weighted by molar-refractivity contribution is 5.86. The predicted octanol–water partition coefficient (Wildman–Crippen LogP) is 4.18. The van der Waals surface area contributed by atoms with Crippen LogP contribution in [-0.4, -0.2) is 15.7 Å². The summed E-state index contributed by atoms with van der Waals surface area (Å²) in [4.78, 5) is 4.57. The number of hydrogen-bond donors (Lipinski definition) is 0. The van der Waals surface area contributed by atoms with Gasteiger partial charge in [-0.05, 0) is 51.1 Å². The number of hydrogen-bond acceptors (Lipinski definition) is 2. The average Bonchev–Trinajstić information content (AvgIpc) is 2.83. The minimum absolute atomic E-state index is 0.178. The van der Waals surface area contributed by atoms with E-state index < -0.39 is 0 Å². The van der Waals surface area contributed by atoms with Gasteiger partial charge in [-0.3, -0.25) is 4.98 Å². The molecule has 0 fully saturated rings. The molecule has 0 aliphatic carbocycles. The van der Waals surface area contributed by atoms with E-state index in [0.717, 1.165) is 29.1 Å². The van der Waals surface area contributed by atoms with Crippen molar-refractivity contribution < 1.29 is 4.74 Å². The molecule has 0 saturated carbocycles. The van der Waals surface area contributed by atoms with Crippen LogP contribution in [-0.2, 0) is 6.54 Å². The highest BCUT2D eigenvalue weighted by atomic mass is 16.5. The van der Waals surface area contributed by atoms with Crippen LogP contribution in [0.2, 0.25) is 0 Å². The summed E-state index contributed by atoms with van der Waals surface area (Å²) < 4.78 is 8.09. The van der Waals surface area contributed by atoms with Crippen LogP contribution in [0.3, 0.4) is 0 Å². The minimum Gasteiger partial charge on any atom is -0.490 e. The van der Waals surface area contributed by atoms with Crippen molar-refractivity contribution in [1.82, 2.24) is 9.55 Å². The van der Waals surface area contributed by atoms with Crippen LogP contribution >= 0.6 is 0 Å². The Morgan fingerprint density at radius 3 is 2.67 bits per heavy atom. The standard InChI is InChI=1S/C18H20N2O/c1-13(2)21-18-9-5-8-17-16(18)10-11-20(17)12-15-7-4-6-14(3)19-15/h4-11,13H,12H2,1-3H3. The van der Waals surface area contributed by atoms with Crippen LogP contribution in [0.15, 0.2) is 48.7 Å². The molecule has 0 saturated heterocycles. The normalized spacial score (nSPS) is 11.2. The SMILES string of the molecule is Cc1cccc(Cn2ccc3c(OC(C)C)cccc32)n1. The Morgan fingerprint density at radius 2 is 1.90 bits per heavy atom. The Kier molecular flexibility index (Phi) is 3.65. The first-order valence-electron chi connectivity index (χ1n) is 7.30. The maximum Gasteiger partial charge on any atom is 0.129 e. The second-order valence-electron chi connectivity index (χ2n) is 5.57. The van der Waals surface area contributed by atoms with E-state index in [0.29, 0.717) is 0 Å². The van der Waals surface area contributed by atoms with Crippen molar-refractivity contribution in [2.24, 2.45) is 0 Å². The number of benzene rings is 1. The van der Waals surface area contributed by atoms with Crippen molar-refractivity contribution in [2.45, 2.75) is 33.4 Å². The molecule has 0 atom stereocenters. The van der Waals surface area contributed by atoms with E-state index in [1.54, 1.807) is 0 Å². The number of fused-ring (bicyclic) bond motifs is 1. The third kappa shape index (κ3) is 2.92. The molecule has 2 aromatic heterocycles. The molecule has 0 bridgehead atoms. The second kappa shape index (κ2) is 5.60. The van der Waals surface area contributed by atoms with Gasteiger partial charge in [-0.25, -0.2) is 0 Å². The Balaban J connectivity index is 1.97. The zero-order chi connectivity index (χ0) is 14.8. The van der Waals surface area contributed by atoms with E-state index in [9.17, 15) is 0 Å². The summed E-state index contributed by atoms with van der Waals surface area (Å²) in [5.41, 5.74) is 3.30. The minimum atomic E-state index is 0.178. The molecule has 0 N–H and O–H groups in total. The lowest BCUT2D eigenvalue weighted by Gasteiger charge is -2.11. The Labute approximate surface area is 125 Å². The average molecular weight is 280 g/mol. The van der Waals surface area contributed by atoms with Gasteiger partial charge in [-0.1, -0.05) is 12.1 Å². The number of ether oxygens (including phenoxy) is 1. The monoisotopic (exact) mass is 280 g/mol. The summed E-state index contributed by atoms with van der Waals surface area (Å²) >= 11 is 0. The Bertz CT molecular complexity index is 759. The molecule has 0 aliphatic heterocycles. The van der Waals surface area contributed by atoms with E-state index in [1.165, 1.54) is 5.52 Å². The quantitative estimate of drug-likeness (QED) is 0.717. The molecular weight excluding hydrogens is 260 g/mol. The lowest BCUT2D eigenvalue weighted by atomic mass is 10.2. The largest absolute Gasteiger partial charge is 0.490 e. The summed E-state index contributed by atoms with van der Waals surface area (Å²) in [7, 11) is 0. The summed E-state index contributed by atoms with van der Waals surface area (Å²) in [6, 6.07) is 14.4. The van der Waals surface area contributed by atoms with E-state index in [-0.39, 0.29) is 6.10 Å². The molecule has 0 spiro atoms. The fourth-order valence-corrected chi connectivity index (χ4v) is 2.55. The van der Waals surface area contributed by atoms with Gasteiger partial charge in [0.1, 0.15) is 5.75 Å². The summed E-state index contributed by atoms with van der Waals surface area (Å²) in [6.45, 7) is 6.89. The topological polar surface area (TPSA) is 27.1 Å². The molecule has 108 valence electrons. The molecule has 3 nitrogen and oxygen atoms in total. The maximum absolute atomic E-state index is 5.88. The first-order valence-corrected chi connectivity index (χ1v) is 7.30. The molecule has 3 heteroatoms. The van der Waals surface area contributed by atoms with Crippen LogP contribution in [0.5, 0.6) is 5.75 Å². The molecule has 0 unspecified atom stereocenters. The Hall–Kier alpha value is -2.29. The van der Waals surface area contributed by atoms with Gasteiger partial charge in [0.25, 0.3) is 0 Å². The number of nitrogens with zero attached hydrogens (tertiary/aromatic N) is 2. The molecular formula is C18H20N2O. The second-order valence-corrected chi connectivity index (χ2v) is 5.57. The van der Waals surface area contributed by atoms with Gasteiger partial charge in [-0.2, -0.15) is 0 Å². The van der Waals surface area contributed by atoms with Crippen molar-refractivity contribution in [2.75, 3.05) is 0 Å². The number of aryl methyl sites for hydroxylation is 1. The molecule has 0 aliphatic rings. The van der Waals surface area contributed by atoms with Gasteiger partial charge in [0.15, 0.2) is 0 Å². The molecule has 0 amide bonds. The zero-order valence-corrected chi connectivity index (χ0v) is 12.7.